The molecule has 0 aromatic heterocycles. The van der Waals surface area contributed by atoms with E-state index < -0.39 is 21.7 Å². The molecular formula is C11H16N2O5S. The summed E-state index contributed by atoms with van der Waals surface area (Å²) in [6.07, 6.45) is 0. The van der Waals surface area contributed by atoms with Crippen LogP contribution in [0.4, 0.5) is 11.4 Å². The van der Waals surface area contributed by atoms with E-state index in [1.54, 1.807) is 13.0 Å². The van der Waals surface area contributed by atoms with Crippen LogP contribution >= 0.6 is 0 Å². The van der Waals surface area contributed by atoms with Crippen molar-refractivity contribution in [3.05, 3.63) is 18.2 Å². The molecule has 0 atom stereocenters. The van der Waals surface area contributed by atoms with E-state index in [0.29, 0.717) is 5.75 Å². The number of nitrogens with one attached hydrogen (secondary N) is 1. The Morgan fingerprint density at radius 1 is 1.42 bits per heavy atom. The third kappa shape index (κ3) is 4.66. The van der Waals surface area contributed by atoms with Crippen molar-refractivity contribution >= 4 is 27.4 Å². The summed E-state index contributed by atoms with van der Waals surface area (Å²) in [5.41, 5.74) is 6.06. The Morgan fingerprint density at radius 2 is 2.11 bits per heavy atom. The molecule has 1 rings (SSSR count). The van der Waals surface area contributed by atoms with E-state index >= 15 is 0 Å². The number of methoxy groups -OCH3 is 1. The van der Waals surface area contributed by atoms with E-state index in [4.69, 9.17) is 10.5 Å². The quantitative estimate of drug-likeness (QED) is 0.585. The number of carbonyl (C=O) groups is 1. The van der Waals surface area contributed by atoms with Gasteiger partial charge in [-0.1, -0.05) is 0 Å². The highest BCUT2D eigenvalue weighted by molar-refractivity contribution is 7.93. The highest BCUT2D eigenvalue weighted by Gasteiger charge is 2.18. The molecule has 0 fully saturated rings. The molecule has 106 valence electrons. The zero-order chi connectivity index (χ0) is 14.5. The Labute approximate surface area is 111 Å². The summed E-state index contributed by atoms with van der Waals surface area (Å²) in [5, 5.41) is 0. The number of sulfonamides is 1. The van der Waals surface area contributed by atoms with Gasteiger partial charge < -0.3 is 15.2 Å². The fourth-order valence-corrected chi connectivity index (χ4v) is 2.31. The molecular weight excluding hydrogens is 272 g/mol. The van der Waals surface area contributed by atoms with Gasteiger partial charge in [0.05, 0.1) is 25.1 Å². The van der Waals surface area contributed by atoms with Crippen LogP contribution in [0.3, 0.4) is 0 Å². The highest BCUT2D eigenvalue weighted by Crippen LogP contribution is 2.24. The average molecular weight is 288 g/mol. The number of hydrogen-bond donors (Lipinski definition) is 2. The summed E-state index contributed by atoms with van der Waals surface area (Å²) in [6.45, 7) is 1.72. The number of carbonyl (C=O) groups excluding carboxylic acids is 1. The topological polar surface area (TPSA) is 108 Å². The van der Waals surface area contributed by atoms with Crippen LogP contribution in [-0.2, 0) is 19.6 Å². The number of hydrogen-bond acceptors (Lipinski definition) is 6. The van der Waals surface area contributed by atoms with Crippen LogP contribution in [0.1, 0.15) is 6.92 Å². The Morgan fingerprint density at radius 3 is 2.63 bits per heavy atom. The normalized spacial score (nSPS) is 10.8. The minimum atomic E-state index is -3.84. The summed E-state index contributed by atoms with van der Waals surface area (Å²) in [7, 11) is -2.37. The number of nitrogens with two attached hydrogens (primary N) is 1. The minimum Gasteiger partial charge on any atom is -0.497 e. The summed E-state index contributed by atoms with van der Waals surface area (Å²) in [5.74, 6) is -1.07. The predicted octanol–water partition coefficient (Wildman–Crippen LogP) is 0.582. The largest absolute Gasteiger partial charge is 0.497 e. The van der Waals surface area contributed by atoms with Gasteiger partial charge >= 0.3 is 5.97 Å². The van der Waals surface area contributed by atoms with Crippen molar-refractivity contribution in [1.29, 1.82) is 0 Å². The van der Waals surface area contributed by atoms with Crippen LogP contribution < -0.4 is 15.2 Å². The fourth-order valence-electron chi connectivity index (χ4n) is 1.32. The van der Waals surface area contributed by atoms with Gasteiger partial charge in [-0.2, -0.15) is 0 Å². The van der Waals surface area contributed by atoms with Crippen LogP contribution in [0.25, 0.3) is 0 Å². The van der Waals surface area contributed by atoms with Gasteiger partial charge in [-0.3, -0.25) is 9.52 Å². The van der Waals surface area contributed by atoms with Gasteiger partial charge in [-0.15, -0.1) is 0 Å². The van der Waals surface area contributed by atoms with Gasteiger partial charge in [-0.05, 0) is 19.1 Å². The maximum atomic E-state index is 11.7. The van der Waals surface area contributed by atoms with E-state index in [2.05, 4.69) is 9.46 Å². The standard InChI is InChI=1S/C11H16N2O5S/c1-3-18-11(14)7-19(15,16)13-10-5-4-8(17-2)6-9(10)12/h4-6,13H,3,7,12H2,1-2H3. The first kappa shape index (κ1) is 15.1. The molecule has 0 spiro atoms. The summed E-state index contributed by atoms with van der Waals surface area (Å²) in [4.78, 5) is 11.1. The van der Waals surface area contributed by atoms with Crippen LogP contribution in [0.15, 0.2) is 18.2 Å². The third-order valence-electron chi connectivity index (χ3n) is 2.14. The van der Waals surface area contributed by atoms with Gasteiger partial charge in [0.25, 0.3) is 0 Å². The lowest BCUT2D eigenvalue weighted by molar-refractivity contribution is -0.139. The molecule has 1 aromatic rings. The maximum Gasteiger partial charge on any atom is 0.323 e. The van der Waals surface area contributed by atoms with E-state index in [1.807, 2.05) is 0 Å². The van der Waals surface area contributed by atoms with Crippen LogP contribution in [0, 0.1) is 0 Å². The van der Waals surface area contributed by atoms with Crippen molar-refractivity contribution in [2.75, 3.05) is 29.9 Å². The second-order valence-corrected chi connectivity index (χ2v) is 5.34. The molecule has 7 nitrogen and oxygen atoms in total. The molecule has 0 radical (unpaired) electrons. The Bertz CT molecular complexity index is 556. The molecule has 0 saturated carbocycles. The molecule has 0 aliphatic rings. The monoisotopic (exact) mass is 288 g/mol. The smallest absolute Gasteiger partial charge is 0.323 e. The van der Waals surface area contributed by atoms with Gasteiger partial charge in [0.15, 0.2) is 5.75 Å². The number of esters is 1. The van der Waals surface area contributed by atoms with Crippen molar-refractivity contribution in [2.24, 2.45) is 0 Å². The number of rotatable bonds is 6. The molecule has 0 saturated heterocycles. The van der Waals surface area contributed by atoms with E-state index in [0.717, 1.165) is 0 Å². The number of benzene rings is 1. The first-order valence-electron chi connectivity index (χ1n) is 5.47. The van der Waals surface area contributed by atoms with E-state index in [9.17, 15) is 13.2 Å². The summed E-state index contributed by atoms with van der Waals surface area (Å²) in [6, 6.07) is 4.48. The minimum absolute atomic E-state index is 0.124. The molecule has 0 aliphatic carbocycles. The number of anilines is 2. The lowest BCUT2D eigenvalue weighted by Gasteiger charge is -2.11. The van der Waals surface area contributed by atoms with Gasteiger partial charge in [0, 0.05) is 6.07 Å². The SMILES string of the molecule is CCOC(=O)CS(=O)(=O)Nc1ccc(OC)cc1N. The second kappa shape index (κ2) is 6.28. The van der Waals surface area contributed by atoms with E-state index in [-0.39, 0.29) is 18.0 Å². The third-order valence-corrected chi connectivity index (χ3v) is 3.28. The van der Waals surface area contributed by atoms with E-state index in [1.165, 1.54) is 19.2 Å². The molecule has 0 bridgehead atoms. The zero-order valence-electron chi connectivity index (χ0n) is 10.7. The predicted molar refractivity (Wildman–Crippen MR) is 71.4 cm³/mol. The molecule has 0 unspecified atom stereocenters. The maximum absolute atomic E-state index is 11.7. The van der Waals surface area contributed by atoms with Crippen LogP contribution in [-0.4, -0.2) is 33.9 Å². The van der Waals surface area contributed by atoms with Crippen molar-refractivity contribution in [2.45, 2.75) is 6.92 Å². The molecule has 19 heavy (non-hydrogen) atoms. The Hall–Kier alpha value is -1.96. The number of nitrogen functional groups attached to an aromatic ring is 1. The summed E-state index contributed by atoms with van der Waals surface area (Å²) < 4.78 is 35.1. The highest BCUT2D eigenvalue weighted by atomic mass is 32.2. The lowest BCUT2D eigenvalue weighted by atomic mass is 10.2. The summed E-state index contributed by atoms with van der Waals surface area (Å²) >= 11 is 0. The second-order valence-electron chi connectivity index (χ2n) is 3.62. The molecule has 3 N–H and O–H groups in total. The van der Waals surface area contributed by atoms with Crippen molar-refractivity contribution in [1.82, 2.24) is 0 Å². The Balaban J connectivity index is 2.81. The lowest BCUT2D eigenvalue weighted by Crippen LogP contribution is -2.24. The molecule has 0 amide bonds. The number of ether oxygens (including phenoxy) is 2. The molecule has 0 aliphatic heterocycles. The molecule has 1 aromatic carbocycles. The van der Waals surface area contributed by atoms with Gasteiger partial charge in [0.1, 0.15) is 5.75 Å². The average Bonchev–Trinajstić information content (AvgIpc) is 2.31. The first-order chi connectivity index (χ1) is 8.88. The van der Waals surface area contributed by atoms with Crippen molar-refractivity contribution < 1.29 is 22.7 Å². The van der Waals surface area contributed by atoms with Crippen molar-refractivity contribution in [3.8, 4) is 5.75 Å². The zero-order valence-corrected chi connectivity index (χ0v) is 11.5. The fraction of sp³-hybridized carbons (Fsp3) is 0.364. The van der Waals surface area contributed by atoms with Crippen LogP contribution in [0.2, 0.25) is 0 Å². The van der Waals surface area contributed by atoms with Crippen molar-refractivity contribution in [3.63, 3.8) is 0 Å². The Kier molecular flexibility index (Phi) is 4.99. The first-order valence-corrected chi connectivity index (χ1v) is 7.13. The van der Waals surface area contributed by atoms with Crippen LogP contribution in [0.5, 0.6) is 5.75 Å². The van der Waals surface area contributed by atoms with Gasteiger partial charge in [0.2, 0.25) is 10.0 Å². The molecule has 8 heteroatoms. The molecule has 0 heterocycles. The van der Waals surface area contributed by atoms with Gasteiger partial charge in [-0.25, -0.2) is 8.42 Å².